The van der Waals surface area contributed by atoms with Gasteiger partial charge in [-0.1, -0.05) is 11.6 Å². The van der Waals surface area contributed by atoms with Crippen LogP contribution in [0.4, 0.5) is 4.39 Å². The summed E-state index contributed by atoms with van der Waals surface area (Å²) in [5.41, 5.74) is 0.0753. The van der Waals surface area contributed by atoms with E-state index in [-0.39, 0.29) is 39.2 Å². The molecule has 0 saturated heterocycles. The highest BCUT2D eigenvalue weighted by molar-refractivity contribution is 6.30. The maximum Gasteiger partial charge on any atom is 0.343 e. The lowest BCUT2D eigenvalue weighted by Gasteiger charge is -2.10. The number of ether oxygens (including phenoxy) is 2. The molecule has 0 aliphatic carbocycles. The molecule has 0 unspecified atom stereocenters. The number of halogens is 2. The Morgan fingerprint density at radius 3 is 2.33 bits per heavy atom. The molecular formula is C23H14ClFO5. The molecule has 0 aliphatic rings. The summed E-state index contributed by atoms with van der Waals surface area (Å²) in [6, 6.07) is 16.0. The number of rotatable bonds is 4. The van der Waals surface area contributed by atoms with Gasteiger partial charge >= 0.3 is 5.97 Å². The second kappa shape index (κ2) is 8.00. The average molecular weight is 425 g/mol. The van der Waals surface area contributed by atoms with Crippen molar-refractivity contribution in [3.05, 3.63) is 99.1 Å². The van der Waals surface area contributed by atoms with Gasteiger partial charge in [-0.2, -0.15) is 0 Å². The van der Waals surface area contributed by atoms with E-state index in [1.807, 2.05) is 0 Å². The number of carbonyl (C=O) groups excluding carboxylic acids is 1. The van der Waals surface area contributed by atoms with E-state index in [0.29, 0.717) is 10.8 Å². The highest BCUT2D eigenvalue weighted by Gasteiger charge is 2.16. The zero-order valence-corrected chi connectivity index (χ0v) is 16.4. The van der Waals surface area contributed by atoms with Gasteiger partial charge in [-0.3, -0.25) is 4.79 Å². The maximum atomic E-state index is 13.0. The molecule has 3 aromatic carbocycles. The predicted molar refractivity (Wildman–Crippen MR) is 110 cm³/mol. The third-order valence-corrected chi connectivity index (χ3v) is 4.56. The number of esters is 1. The van der Waals surface area contributed by atoms with E-state index in [1.54, 1.807) is 31.2 Å². The Morgan fingerprint density at radius 1 is 0.967 bits per heavy atom. The summed E-state index contributed by atoms with van der Waals surface area (Å²) in [5, 5.41) is 0.818. The summed E-state index contributed by atoms with van der Waals surface area (Å²) in [6.45, 7) is 1.60. The molecule has 0 atom stereocenters. The molecule has 0 N–H and O–H groups in total. The van der Waals surface area contributed by atoms with Crippen LogP contribution in [0.5, 0.6) is 17.2 Å². The van der Waals surface area contributed by atoms with Crippen LogP contribution in [0.1, 0.15) is 16.1 Å². The van der Waals surface area contributed by atoms with Gasteiger partial charge in [0.1, 0.15) is 28.7 Å². The van der Waals surface area contributed by atoms with E-state index in [9.17, 15) is 14.0 Å². The first kappa shape index (κ1) is 19.7. The quantitative estimate of drug-likeness (QED) is 0.301. The number of hydrogen-bond donors (Lipinski definition) is 0. The number of benzene rings is 3. The summed E-state index contributed by atoms with van der Waals surface area (Å²) in [7, 11) is 0. The highest BCUT2D eigenvalue weighted by atomic mass is 35.5. The average Bonchev–Trinajstić information content (AvgIpc) is 2.73. The van der Waals surface area contributed by atoms with Gasteiger partial charge in [0, 0.05) is 11.1 Å². The van der Waals surface area contributed by atoms with E-state index in [0.717, 1.165) is 0 Å². The van der Waals surface area contributed by atoms with E-state index < -0.39 is 11.8 Å². The third kappa shape index (κ3) is 4.04. The van der Waals surface area contributed by atoms with Crippen molar-refractivity contribution in [1.82, 2.24) is 0 Å². The highest BCUT2D eigenvalue weighted by Crippen LogP contribution is 2.28. The molecule has 7 heteroatoms. The van der Waals surface area contributed by atoms with Gasteiger partial charge in [0.05, 0.1) is 10.9 Å². The molecule has 4 rings (SSSR count). The number of fused-ring (bicyclic) bond motifs is 1. The van der Waals surface area contributed by atoms with Crippen molar-refractivity contribution in [2.45, 2.75) is 6.92 Å². The van der Waals surface area contributed by atoms with Crippen molar-refractivity contribution in [2.24, 2.45) is 0 Å². The lowest BCUT2D eigenvalue weighted by atomic mass is 10.2. The molecule has 150 valence electrons. The van der Waals surface area contributed by atoms with Crippen LogP contribution in [-0.2, 0) is 0 Å². The molecule has 5 nitrogen and oxygen atoms in total. The number of hydrogen-bond acceptors (Lipinski definition) is 5. The minimum absolute atomic E-state index is 0.0564. The van der Waals surface area contributed by atoms with Crippen molar-refractivity contribution in [3.63, 3.8) is 0 Å². The first-order valence-corrected chi connectivity index (χ1v) is 9.27. The third-order valence-electron chi connectivity index (χ3n) is 4.31. The minimum atomic E-state index is -0.656. The summed E-state index contributed by atoms with van der Waals surface area (Å²) in [5.74, 6) is -0.155. The Balaban J connectivity index is 1.63. The van der Waals surface area contributed by atoms with Gasteiger partial charge < -0.3 is 13.9 Å². The molecule has 0 saturated carbocycles. The Hall–Kier alpha value is -3.64. The van der Waals surface area contributed by atoms with Crippen molar-refractivity contribution in [3.8, 4) is 17.2 Å². The molecule has 0 aliphatic heterocycles. The fourth-order valence-electron chi connectivity index (χ4n) is 2.82. The van der Waals surface area contributed by atoms with Crippen molar-refractivity contribution in [2.75, 3.05) is 0 Å². The van der Waals surface area contributed by atoms with E-state index in [1.165, 1.54) is 42.5 Å². The topological polar surface area (TPSA) is 65.7 Å². The largest absolute Gasteiger partial charge is 0.457 e. The molecular weight excluding hydrogens is 411 g/mol. The second-order valence-electron chi connectivity index (χ2n) is 6.43. The summed E-state index contributed by atoms with van der Waals surface area (Å²) in [6.07, 6.45) is 0. The number of aryl methyl sites for hydroxylation is 1. The molecule has 0 amide bonds. The Morgan fingerprint density at radius 2 is 1.63 bits per heavy atom. The molecule has 0 spiro atoms. The molecule has 4 aromatic rings. The summed E-state index contributed by atoms with van der Waals surface area (Å²) < 4.78 is 29.7. The van der Waals surface area contributed by atoms with Gasteiger partial charge in [-0.15, -0.1) is 0 Å². The molecule has 0 radical (unpaired) electrons. The van der Waals surface area contributed by atoms with Crippen molar-refractivity contribution in [1.29, 1.82) is 0 Å². The van der Waals surface area contributed by atoms with Crippen LogP contribution in [0.25, 0.3) is 11.0 Å². The van der Waals surface area contributed by atoms with Crippen LogP contribution >= 0.6 is 11.6 Å². The fraction of sp³-hybridized carbons (Fsp3) is 0.0435. The van der Waals surface area contributed by atoms with Crippen LogP contribution in [0, 0.1) is 12.7 Å². The summed E-state index contributed by atoms with van der Waals surface area (Å²) in [4.78, 5) is 25.1. The van der Waals surface area contributed by atoms with Crippen LogP contribution in [-0.4, -0.2) is 5.97 Å². The first-order chi connectivity index (χ1) is 14.4. The van der Waals surface area contributed by atoms with E-state index in [4.69, 9.17) is 25.5 Å². The monoisotopic (exact) mass is 424 g/mol. The van der Waals surface area contributed by atoms with Crippen LogP contribution in [0.2, 0.25) is 5.02 Å². The maximum absolute atomic E-state index is 13.0. The standard InChI is InChI=1S/C23H14ClFO5/c1-13-22(29-17-8-4-15(24)5-9-17)21(26)19-11-10-18(12-20(19)28-13)30-23(27)14-2-6-16(25)7-3-14/h2-12H,1H3. The number of carbonyl (C=O) groups is 1. The molecule has 1 heterocycles. The Labute approximate surface area is 175 Å². The van der Waals surface area contributed by atoms with E-state index in [2.05, 4.69) is 0 Å². The zero-order valence-electron chi connectivity index (χ0n) is 15.6. The van der Waals surface area contributed by atoms with Gasteiger partial charge in [-0.05, 0) is 67.6 Å². The molecule has 0 fully saturated rings. The van der Waals surface area contributed by atoms with Gasteiger partial charge in [-0.25, -0.2) is 9.18 Å². The van der Waals surface area contributed by atoms with E-state index >= 15 is 0 Å². The van der Waals surface area contributed by atoms with Crippen LogP contribution in [0.3, 0.4) is 0 Å². The predicted octanol–water partition coefficient (Wildman–Crippen LogP) is 5.91. The molecule has 0 bridgehead atoms. The SMILES string of the molecule is Cc1oc2cc(OC(=O)c3ccc(F)cc3)ccc2c(=O)c1Oc1ccc(Cl)cc1. The second-order valence-corrected chi connectivity index (χ2v) is 6.86. The Kier molecular flexibility index (Phi) is 5.25. The smallest absolute Gasteiger partial charge is 0.343 e. The van der Waals surface area contributed by atoms with Crippen LogP contribution in [0.15, 0.2) is 75.9 Å². The minimum Gasteiger partial charge on any atom is -0.457 e. The van der Waals surface area contributed by atoms with Crippen LogP contribution < -0.4 is 14.9 Å². The lowest BCUT2D eigenvalue weighted by molar-refractivity contribution is 0.0735. The Bertz CT molecular complexity index is 1290. The van der Waals surface area contributed by atoms with Gasteiger partial charge in [0.25, 0.3) is 0 Å². The first-order valence-electron chi connectivity index (χ1n) is 8.89. The lowest BCUT2D eigenvalue weighted by Crippen LogP contribution is -2.10. The van der Waals surface area contributed by atoms with Crippen molar-refractivity contribution < 1.29 is 23.1 Å². The van der Waals surface area contributed by atoms with Crippen molar-refractivity contribution >= 4 is 28.5 Å². The molecule has 1 aromatic heterocycles. The van der Waals surface area contributed by atoms with Gasteiger partial charge in [0.15, 0.2) is 0 Å². The normalized spacial score (nSPS) is 10.8. The zero-order chi connectivity index (χ0) is 21.3. The summed E-state index contributed by atoms with van der Waals surface area (Å²) >= 11 is 5.86. The van der Waals surface area contributed by atoms with Gasteiger partial charge in [0.2, 0.25) is 11.2 Å². The molecule has 30 heavy (non-hydrogen) atoms. The fourth-order valence-corrected chi connectivity index (χ4v) is 2.95.